The van der Waals surface area contributed by atoms with Gasteiger partial charge in [0.05, 0.1) is 0 Å². The van der Waals surface area contributed by atoms with Gasteiger partial charge in [0.15, 0.2) is 6.61 Å². The molecule has 2 heterocycles. The zero-order valence-corrected chi connectivity index (χ0v) is 14.5. The van der Waals surface area contributed by atoms with Crippen LogP contribution in [-0.2, 0) is 4.79 Å². The van der Waals surface area contributed by atoms with E-state index in [2.05, 4.69) is 17.1 Å². The van der Waals surface area contributed by atoms with Gasteiger partial charge >= 0.3 is 0 Å². The number of carbonyl (C=O) groups excluding carboxylic acids is 1. The molecule has 2 aliphatic heterocycles. The molecule has 23 heavy (non-hydrogen) atoms. The first kappa shape index (κ1) is 16.3. The van der Waals surface area contributed by atoms with Crippen molar-refractivity contribution in [1.82, 2.24) is 10.2 Å². The Labute approximate surface area is 139 Å². The third-order valence-electron chi connectivity index (χ3n) is 5.46. The zero-order chi connectivity index (χ0) is 16.4. The highest BCUT2D eigenvalue weighted by molar-refractivity contribution is 5.78. The van der Waals surface area contributed by atoms with E-state index in [0.717, 1.165) is 55.6 Å². The number of benzene rings is 1. The number of amides is 1. The lowest BCUT2D eigenvalue weighted by Crippen LogP contribution is -2.66. The van der Waals surface area contributed by atoms with E-state index < -0.39 is 0 Å². The van der Waals surface area contributed by atoms with Gasteiger partial charge in [-0.15, -0.1) is 0 Å². The van der Waals surface area contributed by atoms with Crippen molar-refractivity contribution in [3.8, 4) is 5.75 Å². The lowest BCUT2D eigenvalue weighted by Gasteiger charge is -2.51. The average molecular weight is 316 g/mol. The van der Waals surface area contributed by atoms with E-state index >= 15 is 0 Å². The predicted molar refractivity (Wildman–Crippen MR) is 91.8 cm³/mol. The number of fused-ring (bicyclic) bond motifs is 1. The molecule has 0 aliphatic carbocycles. The fraction of sp³-hybridized carbons (Fsp3) is 0.632. The highest BCUT2D eigenvalue weighted by Gasteiger charge is 2.44. The van der Waals surface area contributed by atoms with Gasteiger partial charge in [0.25, 0.3) is 5.91 Å². The molecule has 2 fully saturated rings. The summed E-state index contributed by atoms with van der Waals surface area (Å²) in [5.74, 6) is 0.967. The van der Waals surface area contributed by atoms with Crippen LogP contribution in [0.3, 0.4) is 0 Å². The topological polar surface area (TPSA) is 41.6 Å². The van der Waals surface area contributed by atoms with Crippen molar-refractivity contribution in [3.05, 3.63) is 29.3 Å². The van der Waals surface area contributed by atoms with E-state index in [1.807, 2.05) is 32.0 Å². The van der Waals surface area contributed by atoms with Crippen molar-refractivity contribution in [1.29, 1.82) is 0 Å². The van der Waals surface area contributed by atoms with Crippen LogP contribution in [0, 0.1) is 13.8 Å². The van der Waals surface area contributed by atoms with E-state index in [1.54, 1.807) is 0 Å². The number of piperidine rings is 2. The first-order chi connectivity index (χ1) is 11.0. The molecule has 0 radical (unpaired) electrons. The Kier molecular flexibility index (Phi) is 4.62. The Balaban J connectivity index is 1.68. The number of hydrogen-bond acceptors (Lipinski definition) is 3. The molecular weight excluding hydrogens is 288 g/mol. The normalized spacial score (nSPS) is 27.4. The van der Waals surface area contributed by atoms with E-state index in [-0.39, 0.29) is 18.1 Å². The Bertz CT molecular complexity index is 562. The van der Waals surface area contributed by atoms with Crippen molar-refractivity contribution < 1.29 is 9.53 Å². The molecular formula is C19H28N2O2. The maximum Gasteiger partial charge on any atom is 0.260 e. The van der Waals surface area contributed by atoms with Crippen LogP contribution in [0.15, 0.2) is 18.2 Å². The van der Waals surface area contributed by atoms with Crippen LogP contribution in [0.2, 0.25) is 0 Å². The minimum absolute atomic E-state index is 0.0741. The second-order valence-electron chi connectivity index (χ2n) is 7.20. The Morgan fingerprint density at radius 1 is 1.35 bits per heavy atom. The molecule has 4 nitrogen and oxygen atoms in total. The maximum absolute atomic E-state index is 12.8. The number of ether oxygens (including phenoxy) is 1. The molecule has 0 aromatic heterocycles. The number of nitrogens with zero attached hydrogens (tertiary/aromatic N) is 1. The van der Waals surface area contributed by atoms with Crippen LogP contribution in [-0.4, -0.2) is 42.1 Å². The van der Waals surface area contributed by atoms with Crippen LogP contribution in [0.5, 0.6) is 5.75 Å². The van der Waals surface area contributed by atoms with Crippen LogP contribution < -0.4 is 10.1 Å². The van der Waals surface area contributed by atoms with E-state index in [1.165, 1.54) is 0 Å². The molecule has 126 valence electrons. The van der Waals surface area contributed by atoms with Crippen molar-refractivity contribution in [3.63, 3.8) is 0 Å². The number of likely N-dealkylation sites (tertiary alicyclic amines) is 1. The number of aryl methyl sites for hydroxylation is 2. The monoisotopic (exact) mass is 316 g/mol. The number of carbonyl (C=O) groups is 1. The second kappa shape index (κ2) is 6.52. The van der Waals surface area contributed by atoms with Crippen LogP contribution in [0.25, 0.3) is 0 Å². The zero-order valence-electron chi connectivity index (χ0n) is 14.5. The van der Waals surface area contributed by atoms with E-state index in [4.69, 9.17) is 4.74 Å². The van der Waals surface area contributed by atoms with Gasteiger partial charge < -0.3 is 15.0 Å². The first-order valence-electron chi connectivity index (χ1n) is 8.75. The molecule has 3 rings (SSSR count). The third kappa shape index (κ3) is 3.23. The fourth-order valence-corrected chi connectivity index (χ4v) is 4.18. The molecule has 1 aromatic rings. The smallest absolute Gasteiger partial charge is 0.260 e. The molecule has 2 aliphatic rings. The van der Waals surface area contributed by atoms with Gasteiger partial charge in [-0.1, -0.05) is 18.2 Å². The highest BCUT2D eigenvalue weighted by atomic mass is 16.5. The lowest BCUT2D eigenvalue weighted by atomic mass is 9.78. The van der Waals surface area contributed by atoms with Gasteiger partial charge in [-0.25, -0.2) is 0 Å². The van der Waals surface area contributed by atoms with Crippen molar-refractivity contribution in [2.75, 3.05) is 19.7 Å². The van der Waals surface area contributed by atoms with Crippen molar-refractivity contribution in [2.45, 2.75) is 58.0 Å². The second-order valence-corrected chi connectivity index (χ2v) is 7.20. The Morgan fingerprint density at radius 3 is 2.83 bits per heavy atom. The largest absolute Gasteiger partial charge is 0.483 e. The molecule has 2 atom stereocenters. The molecule has 1 amide bonds. The quantitative estimate of drug-likeness (QED) is 0.932. The molecule has 1 N–H and O–H groups in total. The van der Waals surface area contributed by atoms with Crippen LogP contribution >= 0.6 is 0 Å². The van der Waals surface area contributed by atoms with Gasteiger partial charge in [-0.05, 0) is 64.1 Å². The maximum atomic E-state index is 12.8. The van der Waals surface area contributed by atoms with Gasteiger partial charge in [-0.3, -0.25) is 4.79 Å². The number of rotatable bonds is 3. The molecule has 0 spiro atoms. The number of nitrogens with one attached hydrogen (secondary N) is 1. The summed E-state index contributed by atoms with van der Waals surface area (Å²) < 4.78 is 5.88. The van der Waals surface area contributed by atoms with Crippen molar-refractivity contribution >= 4 is 5.91 Å². The molecule has 0 saturated carbocycles. The SMILES string of the molecule is Cc1cccc(C)c1OCC(=O)N1CCC[C@]2(C)NCCC[C@@H]12. The van der Waals surface area contributed by atoms with E-state index in [9.17, 15) is 4.79 Å². The summed E-state index contributed by atoms with van der Waals surface area (Å²) in [5, 5.41) is 3.64. The lowest BCUT2D eigenvalue weighted by molar-refractivity contribution is -0.140. The van der Waals surface area contributed by atoms with Gasteiger partial charge in [0.2, 0.25) is 0 Å². The van der Waals surface area contributed by atoms with Gasteiger partial charge in [-0.2, -0.15) is 0 Å². The standard InChI is InChI=1S/C19H28N2O2/c1-14-7-4-8-15(2)18(14)23-13-17(22)21-12-6-10-19(3)16(21)9-5-11-20-19/h4,7-8,16,20H,5-6,9-13H2,1-3H3/t16-,19+/m1/s1. The number of hydrogen-bond donors (Lipinski definition) is 1. The minimum atomic E-state index is 0.0741. The van der Waals surface area contributed by atoms with Gasteiger partial charge in [0.1, 0.15) is 5.75 Å². The summed E-state index contributed by atoms with van der Waals surface area (Å²) in [6, 6.07) is 6.37. The third-order valence-corrected chi connectivity index (χ3v) is 5.46. The summed E-state index contributed by atoms with van der Waals surface area (Å²) in [5.41, 5.74) is 2.24. The predicted octanol–water partition coefficient (Wildman–Crippen LogP) is 2.82. The molecule has 4 heteroatoms. The average Bonchev–Trinajstić information content (AvgIpc) is 2.53. The van der Waals surface area contributed by atoms with Gasteiger partial charge in [0, 0.05) is 18.1 Å². The molecule has 0 bridgehead atoms. The molecule has 1 aromatic carbocycles. The summed E-state index contributed by atoms with van der Waals surface area (Å²) in [6.45, 7) is 8.37. The van der Waals surface area contributed by atoms with E-state index in [0.29, 0.717) is 6.04 Å². The molecule has 2 saturated heterocycles. The highest BCUT2D eigenvalue weighted by Crippen LogP contribution is 2.33. The molecule has 0 unspecified atom stereocenters. The van der Waals surface area contributed by atoms with Crippen LogP contribution in [0.1, 0.15) is 43.7 Å². The summed E-state index contributed by atoms with van der Waals surface area (Å²) in [7, 11) is 0. The number of para-hydroxylation sites is 1. The fourth-order valence-electron chi connectivity index (χ4n) is 4.18. The summed E-state index contributed by atoms with van der Waals surface area (Å²) in [6.07, 6.45) is 4.45. The summed E-state index contributed by atoms with van der Waals surface area (Å²) >= 11 is 0. The van der Waals surface area contributed by atoms with Crippen molar-refractivity contribution in [2.24, 2.45) is 0 Å². The Hall–Kier alpha value is -1.55. The first-order valence-corrected chi connectivity index (χ1v) is 8.75. The summed E-state index contributed by atoms with van der Waals surface area (Å²) in [4.78, 5) is 14.8. The Morgan fingerprint density at radius 2 is 2.09 bits per heavy atom. The van der Waals surface area contributed by atoms with Crippen LogP contribution in [0.4, 0.5) is 0 Å². The minimum Gasteiger partial charge on any atom is -0.483 e.